The molecule has 0 N–H and O–H groups in total. The van der Waals surface area contributed by atoms with Gasteiger partial charge in [-0.05, 0) is 6.92 Å². The summed E-state index contributed by atoms with van der Waals surface area (Å²) in [6.07, 6.45) is 0. The number of aromatic nitrogens is 1. The van der Waals surface area contributed by atoms with Crippen LogP contribution in [0.1, 0.15) is 15.4 Å². The van der Waals surface area contributed by atoms with E-state index >= 15 is 0 Å². The number of carbonyl (C=O) groups is 1. The minimum atomic E-state index is -0.0888. The van der Waals surface area contributed by atoms with E-state index in [1.807, 2.05) is 0 Å². The largest absolute Gasteiger partial charge is 0.378 e. The lowest BCUT2D eigenvalue weighted by Crippen LogP contribution is -2.40. The standard InChI is InChI=1S/C10H14N2O3S/c1-7-8(16-10(14)11(7)2)9(13)12-3-5-15-6-4-12/h3-6H2,1-2H3. The second-order valence-electron chi connectivity index (χ2n) is 3.75. The van der Waals surface area contributed by atoms with E-state index < -0.39 is 0 Å². The number of carbonyl (C=O) groups excluding carboxylic acids is 1. The van der Waals surface area contributed by atoms with E-state index in [0.717, 1.165) is 17.0 Å². The van der Waals surface area contributed by atoms with Gasteiger partial charge in [0.1, 0.15) is 4.88 Å². The lowest BCUT2D eigenvalue weighted by atomic mass is 10.3. The highest BCUT2D eigenvalue weighted by molar-refractivity contribution is 7.11. The predicted octanol–water partition coefficient (Wildman–Crippen LogP) is 0.228. The Bertz CT molecular complexity index is 457. The van der Waals surface area contributed by atoms with Gasteiger partial charge in [0, 0.05) is 25.8 Å². The SMILES string of the molecule is Cc1c(C(=O)N2CCOCC2)sc(=O)n1C. The molecular weight excluding hydrogens is 228 g/mol. The van der Waals surface area contributed by atoms with E-state index in [2.05, 4.69) is 0 Å². The second-order valence-corrected chi connectivity index (χ2v) is 4.71. The Morgan fingerprint density at radius 1 is 1.38 bits per heavy atom. The van der Waals surface area contributed by atoms with Gasteiger partial charge in [0.25, 0.3) is 5.91 Å². The molecule has 1 aliphatic heterocycles. The Kier molecular flexibility index (Phi) is 3.11. The lowest BCUT2D eigenvalue weighted by molar-refractivity contribution is 0.0305. The fourth-order valence-electron chi connectivity index (χ4n) is 1.63. The van der Waals surface area contributed by atoms with Gasteiger partial charge in [0.2, 0.25) is 0 Å². The molecule has 1 saturated heterocycles. The Labute approximate surface area is 97.2 Å². The minimum absolute atomic E-state index is 0.0523. The van der Waals surface area contributed by atoms with E-state index in [9.17, 15) is 9.59 Å². The van der Waals surface area contributed by atoms with Crippen molar-refractivity contribution in [1.82, 2.24) is 9.47 Å². The number of morpholine rings is 1. The van der Waals surface area contributed by atoms with Crippen LogP contribution in [-0.4, -0.2) is 41.7 Å². The normalized spacial score (nSPS) is 16.5. The van der Waals surface area contributed by atoms with Crippen LogP contribution in [0.15, 0.2) is 4.79 Å². The average Bonchev–Trinajstić information content (AvgIpc) is 2.57. The number of hydrogen-bond donors (Lipinski definition) is 0. The second kappa shape index (κ2) is 4.39. The van der Waals surface area contributed by atoms with Gasteiger partial charge in [-0.15, -0.1) is 0 Å². The van der Waals surface area contributed by atoms with Crippen molar-refractivity contribution in [2.45, 2.75) is 6.92 Å². The maximum Gasteiger partial charge on any atom is 0.307 e. The molecular formula is C10H14N2O3S. The van der Waals surface area contributed by atoms with Gasteiger partial charge < -0.3 is 14.2 Å². The van der Waals surface area contributed by atoms with E-state index in [1.165, 1.54) is 4.57 Å². The number of ether oxygens (including phenoxy) is 1. The first kappa shape index (κ1) is 11.3. The van der Waals surface area contributed by atoms with Crippen molar-refractivity contribution in [3.63, 3.8) is 0 Å². The summed E-state index contributed by atoms with van der Waals surface area (Å²) in [5.74, 6) is -0.0523. The number of amides is 1. The van der Waals surface area contributed by atoms with Gasteiger partial charge in [-0.2, -0.15) is 0 Å². The third-order valence-electron chi connectivity index (χ3n) is 2.79. The number of thiazole rings is 1. The molecule has 16 heavy (non-hydrogen) atoms. The monoisotopic (exact) mass is 242 g/mol. The van der Waals surface area contributed by atoms with Gasteiger partial charge in [-0.25, -0.2) is 0 Å². The van der Waals surface area contributed by atoms with Gasteiger partial charge >= 0.3 is 4.87 Å². The van der Waals surface area contributed by atoms with Crippen LogP contribution in [0.5, 0.6) is 0 Å². The summed E-state index contributed by atoms with van der Waals surface area (Å²) in [7, 11) is 1.68. The van der Waals surface area contributed by atoms with E-state index in [0.29, 0.717) is 31.2 Å². The molecule has 0 bridgehead atoms. The molecule has 1 fully saturated rings. The first-order valence-corrected chi connectivity index (χ1v) is 5.96. The topological polar surface area (TPSA) is 51.5 Å². The van der Waals surface area contributed by atoms with Crippen LogP contribution in [0.3, 0.4) is 0 Å². The zero-order valence-electron chi connectivity index (χ0n) is 9.36. The van der Waals surface area contributed by atoms with Gasteiger partial charge in [-0.3, -0.25) is 9.59 Å². The summed E-state index contributed by atoms with van der Waals surface area (Å²) in [5, 5.41) is 0. The third kappa shape index (κ3) is 1.90. The smallest absolute Gasteiger partial charge is 0.307 e. The number of hydrogen-bond acceptors (Lipinski definition) is 4. The highest BCUT2D eigenvalue weighted by atomic mass is 32.1. The highest BCUT2D eigenvalue weighted by Gasteiger charge is 2.23. The predicted molar refractivity (Wildman–Crippen MR) is 61.0 cm³/mol. The summed E-state index contributed by atoms with van der Waals surface area (Å²) >= 11 is 1.02. The van der Waals surface area contributed by atoms with E-state index in [1.54, 1.807) is 18.9 Å². The molecule has 88 valence electrons. The first-order chi connectivity index (χ1) is 7.61. The van der Waals surface area contributed by atoms with E-state index in [4.69, 9.17) is 4.74 Å². The number of rotatable bonds is 1. The van der Waals surface area contributed by atoms with Crippen molar-refractivity contribution in [3.05, 3.63) is 20.2 Å². The molecule has 0 unspecified atom stereocenters. The molecule has 5 nitrogen and oxygen atoms in total. The zero-order chi connectivity index (χ0) is 11.7. The summed E-state index contributed by atoms with van der Waals surface area (Å²) in [6.45, 7) is 4.16. The van der Waals surface area contributed by atoms with Crippen LogP contribution in [0.25, 0.3) is 0 Å². The molecule has 0 atom stereocenters. The summed E-state index contributed by atoms with van der Waals surface area (Å²) in [5.41, 5.74) is 0.742. The Hall–Kier alpha value is -1.14. The first-order valence-electron chi connectivity index (χ1n) is 5.14. The highest BCUT2D eigenvalue weighted by Crippen LogP contribution is 2.14. The number of nitrogens with zero attached hydrogens (tertiary/aromatic N) is 2. The van der Waals surface area contributed by atoms with Crippen LogP contribution in [0, 0.1) is 6.92 Å². The Morgan fingerprint density at radius 3 is 2.50 bits per heavy atom. The molecule has 1 amide bonds. The molecule has 1 aromatic rings. The molecule has 2 rings (SSSR count). The van der Waals surface area contributed by atoms with Crippen molar-refractivity contribution < 1.29 is 9.53 Å². The molecule has 0 spiro atoms. The fraction of sp³-hybridized carbons (Fsp3) is 0.600. The third-order valence-corrected chi connectivity index (χ3v) is 3.91. The van der Waals surface area contributed by atoms with Crippen LogP contribution in [0.2, 0.25) is 0 Å². The van der Waals surface area contributed by atoms with Crippen LogP contribution < -0.4 is 4.87 Å². The van der Waals surface area contributed by atoms with Crippen molar-refractivity contribution in [1.29, 1.82) is 0 Å². The Balaban J connectivity index is 2.26. The fourth-order valence-corrected chi connectivity index (χ4v) is 2.58. The average molecular weight is 242 g/mol. The molecule has 1 aromatic heterocycles. The quantitative estimate of drug-likeness (QED) is 0.708. The zero-order valence-corrected chi connectivity index (χ0v) is 10.2. The minimum Gasteiger partial charge on any atom is -0.378 e. The molecule has 6 heteroatoms. The van der Waals surface area contributed by atoms with Crippen molar-refractivity contribution >= 4 is 17.2 Å². The molecule has 1 aliphatic rings. The van der Waals surface area contributed by atoms with Crippen LogP contribution >= 0.6 is 11.3 Å². The Morgan fingerprint density at radius 2 is 2.00 bits per heavy atom. The molecule has 2 heterocycles. The maximum atomic E-state index is 12.1. The van der Waals surface area contributed by atoms with Crippen LogP contribution in [0.4, 0.5) is 0 Å². The van der Waals surface area contributed by atoms with Gasteiger partial charge in [0.05, 0.1) is 13.2 Å². The summed E-state index contributed by atoms with van der Waals surface area (Å²) in [4.78, 5) is 25.7. The lowest BCUT2D eigenvalue weighted by Gasteiger charge is -2.26. The van der Waals surface area contributed by atoms with Crippen molar-refractivity contribution in [2.75, 3.05) is 26.3 Å². The van der Waals surface area contributed by atoms with Gasteiger partial charge in [0.15, 0.2) is 0 Å². The molecule has 0 radical (unpaired) electrons. The molecule has 0 aliphatic carbocycles. The summed E-state index contributed by atoms with van der Waals surface area (Å²) in [6, 6.07) is 0. The van der Waals surface area contributed by atoms with Crippen LogP contribution in [-0.2, 0) is 11.8 Å². The molecule has 0 aromatic carbocycles. The van der Waals surface area contributed by atoms with Crippen molar-refractivity contribution in [2.24, 2.45) is 7.05 Å². The van der Waals surface area contributed by atoms with Crippen molar-refractivity contribution in [3.8, 4) is 0 Å². The van der Waals surface area contributed by atoms with Gasteiger partial charge in [-0.1, -0.05) is 11.3 Å². The molecule has 0 saturated carbocycles. The summed E-state index contributed by atoms with van der Waals surface area (Å²) < 4.78 is 6.70. The maximum absolute atomic E-state index is 12.1. The van der Waals surface area contributed by atoms with E-state index in [-0.39, 0.29) is 10.8 Å².